The number of hydrogen-bond acceptors (Lipinski definition) is 3. The van der Waals surface area contributed by atoms with Crippen molar-refractivity contribution in [2.75, 3.05) is 0 Å². The molecule has 0 unspecified atom stereocenters. The van der Waals surface area contributed by atoms with Crippen LogP contribution in [0.2, 0.25) is 0 Å². The summed E-state index contributed by atoms with van der Waals surface area (Å²) in [6.07, 6.45) is 1.59. The Bertz CT molecular complexity index is 1140. The summed E-state index contributed by atoms with van der Waals surface area (Å²) in [6, 6.07) is 16.4. The van der Waals surface area contributed by atoms with Gasteiger partial charge in [-0.15, -0.1) is 0 Å². The third kappa shape index (κ3) is 2.05. The molecule has 0 amide bonds. The molecule has 2 aromatic heterocycles. The fourth-order valence-corrected chi connectivity index (χ4v) is 2.81. The van der Waals surface area contributed by atoms with Crippen LogP contribution in [0, 0.1) is 17.1 Å². The molecule has 0 saturated heterocycles. The molecule has 0 atom stereocenters. The first-order valence-electron chi connectivity index (χ1n) is 7.28. The molecule has 0 aliphatic carbocycles. The van der Waals surface area contributed by atoms with E-state index in [1.807, 2.05) is 24.3 Å². The van der Waals surface area contributed by atoms with Gasteiger partial charge >= 0.3 is 0 Å². The van der Waals surface area contributed by atoms with Crippen LogP contribution in [0.4, 0.5) is 4.39 Å². The third-order valence-corrected chi connectivity index (χ3v) is 3.95. The second kappa shape index (κ2) is 5.28. The highest BCUT2D eigenvalue weighted by molar-refractivity contribution is 6.10. The Hall–Kier alpha value is -3.52. The molecule has 0 aliphatic rings. The van der Waals surface area contributed by atoms with Gasteiger partial charge in [0.2, 0.25) is 5.78 Å². The monoisotopic (exact) mass is 315 g/mol. The van der Waals surface area contributed by atoms with E-state index in [0.29, 0.717) is 22.3 Å². The normalized spacial score (nSPS) is 10.8. The number of hydrogen-bond donors (Lipinski definition) is 0. The van der Waals surface area contributed by atoms with Crippen LogP contribution < -0.4 is 0 Å². The van der Waals surface area contributed by atoms with Gasteiger partial charge in [0.25, 0.3) is 0 Å². The van der Waals surface area contributed by atoms with Crippen LogP contribution in [0.5, 0.6) is 0 Å². The minimum atomic E-state index is -0.404. The SMILES string of the molecule is N#Cc1cc(C(=O)c2ccc(F)cc2)n2c1cnc1ccccc12. The Morgan fingerprint density at radius 2 is 1.83 bits per heavy atom. The quantitative estimate of drug-likeness (QED) is 0.530. The number of nitrogens with zero attached hydrogens (tertiary/aromatic N) is 3. The largest absolute Gasteiger partial charge is 0.302 e. The van der Waals surface area contributed by atoms with Crippen molar-refractivity contribution in [3.63, 3.8) is 0 Å². The maximum Gasteiger partial charge on any atom is 0.209 e. The minimum absolute atomic E-state index is 0.275. The van der Waals surface area contributed by atoms with E-state index in [0.717, 1.165) is 11.0 Å². The van der Waals surface area contributed by atoms with E-state index in [1.54, 1.807) is 16.7 Å². The smallest absolute Gasteiger partial charge is 0.209 e. The second-order valence-electron chi connectivity index (χ2n) is 5.36. The number of para-hydroxylation sites is 2. The minimum Gasteiger partial charge on any atom is -0.302 e. The van der Waals surface area contributed by atoms with Gasteiger partial charge < -0.3 is 4.40 Å². The Balaban J connectivity index is 2.04. The van der Waals surface area contributed by atoms with E-state index >= 15 is 0 Å². The van der Waals surface area contributed by atoms with Crippen molar-refractivity contribution in [3.05, 3.63) is 83.4 Å². The van der Waals surface area contributed by atoms with Crippen LogP contribution in [0.3, 0.4) is 0 Å². The molecule has 4 rings (SSSR count). The summed E-state index contributed by atoms with van der Waals surface area (Å²) in [5.74, 6) is -0.679. The number of fused-ring (bicyclic) bond motifs is 3. The predicted octanol–water partition coefficient (Wildman–Crippen LogP) is 3.73. The lowest BCUT2D eigenvalue weighted by Crippen LogP contribution is -2.06. The first-order valence-corrected chi connectivity index (χ1v) is 7.28. The zero-order valence-corrected chi connectivity index (χ0v) is 12.4. The summed E-state index contributed by atoms with van der Waals surface area (Å²) in [5, 5.41) is 9.36. The van der Waals surface area contributed by atoms with Gasteiger partial charge in [-0.2, -0.15) is 5.26 Å². The number of aromatic nitrogens is 2. The van der Waals surface area contributed by atoms with E-state index in [4.69, 9.17) is 0 Å². The Morgan fingerprint density at radius 3 is 2.58 bits per heavy atom. The van der Waals surface area contributed by atoms with Gasteiger partial charge in [-0.05, 0) is 42.5 Å². The van der Waals surface area contributed by atoms with Crippen molar-refractivity contribution in [3.8, 4) is 6.07 Å². The van der Waals surface area contributed by atoms with Gasteiger partial charge in [-0.1, -0.05) is 12.1 Å². The molecule has 0 aliphatic heterocycles. The predicted molar refractivity (Wildman–Crippen MR) is 87.2 cm³/mol. The zero-order valence-electron chi connectivity index (χ0n) is 12.4. The molecule has 0 fully saturated rings. The van der Waals surface area contributed by atoms with Crippen LogP contribution in [-0.4, -0.2) is 15.2 Å². The summed E-state index contributed by atoms with van der Waals surface area (Å²) < 4.78 is 14.8. The number of benzene rings is 2. The van der Waals surface area contributed by atoms with Gasteiger partial charge in [0, 0.05) is 5.56 Å². The maximum atomic E-state index is 13.1. The molecule has 2 aromatic carbocycles. The molecule has 5 heteroatoms. The van der Waals surface area contributed by atoms with Gasteiger partial charge in [0.15, 0.2) is 0 Å². The Kier molecular flexibility index (Phi) is 3.10. The van der Waals surface area contributed by atoms with Crippen molar-refractivity contribution in [2.24, 2.45) is 0 Å². The molecule has 2 heterocycles. The van der Waals surface area contributed by atoms with E-state index in [-0.39, 0.29) is 5.78 Å². The van der Waals surface area contributed by atoms with Gasteiger partial charge in [-0.3, -0.25) is 9.78 Å². The lowest BCUT2D eigenvalue weighted by atomic mass is 10.1. The average Bonchev–Trinajstić information content (AvgIpc) is 3.01. The Morgan fingerprint density at radius 1 is 1.08 bits per heavy atom. The molecule has 0 spiro atoms. The summed E-state index contributed by atoms with van der Waals surface area (Å²) >= 11 is 0. The molecule has 0 saturated carbocycles. The molecule has 114 valence electrons. The maximum absolute atomic E-state index is 13.1. The highest BCUT2D eigenvalue weighted by Gasteiger charge is 2.19. The molecule has 0 N–H and O–H groups in total. The van der Waals surface area contributed by atoms with Crippen molar-refractivity contribution >= 4 is 22.3 Å². The number of rotatable bonds is 2. The highest BCUT2D eigenvalue weighted by atomic mass is 19.1. The summed E-state index contributed by atoms with van der Waals surface area (Å²) in [6.45, 7) is 0. The number of ketones is 1. The fraction of sp³-hybridized carbons (Fsp3) is 0. The van der Waals surface area contributed by atoms with Crippen LogP contribution >= 0.6 is 0 Å². The molecule has 0 bridgehead atoms. The standard InChI is InChI=1S/C19H10FN3O/c20-14-7-5-12(6-8-14)19(24)17-9-13(10-21)18-11-22-15-3-1-2-4-16(15)23(17)18/h1-9,11H. The van der Waals surface area contributed by atoms with Crippen molar-refractivity contribution in [1.29, 1.82) is 5.26 Å². The van der Waals surface area contributed by atoms with Crippen LogP contribution in [-0.2, 0) is 0 Å². The Labute approximate surface area is 136 Å². The van der Waals surface area contributed by atoms with Crippen LogP contribution in [0.15, 0.2) is 60.8 Å². The molecular weight excluding hydrogens is 305 g/mol. The third-order valence-electron chi connectivity index (χ3n) is 3.95. The second-order valence-corrected chi connectivity index (χ2v) is 5.36. The number of nitriles is 1. The topological polar surface area (TPSA) is 58.2 Å². The first kappa shape index (κ1) is 14.1. The summed E-state index contributed by atoms with van der Waals surface area (Å²) in [7, 11) is 0. The first-order chi connectivity index (χ1) is 11.7. The van der Waals surface area contributed by atoms with E-state index < -0.39 is 5.82 Å². The van der Waals surface area contributed by atoms with Crippen LogP contribution in [0.1, 0.15) is 21.6 Å². The van der Waals surface area contributed by atoms with Gasteiger partial charge in [0.05, 0.1) is 34.0 Å². The zero-order chi connectivity index (χ0) is 16.7. The highest BCUT2D eigenvalue weighted by Crippen LogP contribution is 2.24. The van der Waals surface area contributed by atoms with Crippen molar-refractivity contribution in [2.45, 2.75) is 0 Å². The van der Waals surface area contributed by atoms with Crippen molar-refractivity contribution in [1.82, 2.24) is 9.38 Å². The molecule has 4 nitrogen and oxygen atoms in total. The number of carbonyl (C=O) groups excluding carboxylic acids is 1. The van der Waals surface area contributed by atoms with E-state index in [1.165, 1.54) is 24.3 Å². The summed E-state index contributed by atoms with van der Waals surface area (Å²) in [4.78, 5) is 17.2. The van der Waals surface area contributed by atoms with Gasteiger partial charge in [-0.25, -0.2) is 4.39 Å². The van der Waals surface area contributed by atoms with Crippen LogP contribution in [0.25, 0.3) is 16.6 Å². The van der Waals surface area contributed by atoms with E-state index in [9.17, 15) is 14.4 Å². The lowest BCUT2D eigenvalue weighted by molar-refractivity contribution is 0.103. The van der Waals surface area contributed by atoms with Gasteiger partial charge in [0.1, 0.15) is 11.9 Å². The number of carbonyl (C=O) groups is 1. The fourth-order valence-electron chi connectivity index (χ4n) is 2.81. The number of halogens is 1. The molecular formula is C19H10FN3O. The molecule has 0 radical (unpaired) electrons. The lowest BCUT2D eigenvalue weighted by Gasteiger charge is -2.06. The van der Waals surface area contributed by atoms with Crippen molar-refractivity contribution < 1.29 is 9.18 Å². The molecule has 24 heavy (non-hydrogen) atoms. The molecule has 4 aromatic rings. The average molecular weight is 315 g/mol. The summed E-state index contributed by atoms with van der Waals surface area (Å²) in [5.41, 5.74) is 3.12. The van der Waals surface area contributed by atoms with E-state index in [2.05, 4.69) is 11.1 Å².